The first-order chi connectivity index (χ1) is 7.22. The third-order valence-electron chi connectivity index (χ3n) is 2.47. The second kappa shape index (κ2) is 3.79. The molecular weight excluding hydrogens is 192 g/mol. The molecule has 4 heteroatoms. The van der Waals surface area contributed by atoms with Crippen molar-refractivity contribution >= 4 is 0 Å². The molecule has 0 saturated heterocycles. The molecular formula is C11H12N2O2. The first-order valence-electron chi connectivity index (χ1n) is 4.75. The van der Waals surface area contributed by atoms with Gasteiger partial charge in [0.2, 0.25) is 6.79 Å². The Balaban J connectivity index is 2.37. The highest BCUT2D eigenvalue weighted by molar-refractivity contribution is 5.49. The van der Waals surface area contributed by atoms with Crippen LogP contribution in [0.1, 0.15) is 23.6 Å². The van der Waals surface area contributed by atoms with Gasteiger partial charge in [0.15, 0.2) is 11.5 Å². The fourth-order valence-electron chi connectivity index (χ4n) is 1.67. The van der Waals surface area contributed by atoms with Crippen LogP contribution in [0.3, 0.4) is 0 Å². The van der Waals surface area contributed by atoms with E-state index in [0.717, 1.165) is 16.9 Å². The molecule has 1 aromatic carbocycles. The van der Waals surface area contributed by atoms with Crippen molar-refractivity contribution in [1.82, 2.24) is 0 Å². The Morgan fingerprint density at radius 3 is 2.80 bits per heavy atom. The lowest BCUT2D eigenvalue weighted by Crippen LogP contribution is -2.10. The van der Waals surface area contributed by atoms with Gasteiger partial charge in [-0.15, -0.1) is 0 Å². The second-order valence-electron chi connectivity index (χ2n) is 3.53. The van der Waals surface area contributed by atoms with E-state index in [2.05, 4.69) is 6.07 Å². The average molecular weight is 204 g/mol. The normalized spacial score (nSPS) is 14.7. The molecule has 0 fully saturated rings. The van der Waals surface area contributed by atoms with Crippen LogP contribution in [0.25, 0.3) is 0 Å². The van der Waals surface area contributed by atoms with Crippen LogP contribution in [-0.4, -0.2) is 6.79 Å². The van der Waals surface area contributed by atoms with E-state index >= 15 is 0 Å². The van der Waals surface area contributed by atoms with E-state index in [1.165, 1.54) is 0 Å². The Bertz CT molecular complexity index is 423. The summed E-state index contributed by atoms with van der Waals surface area (Å²) in [5.74, 6) is 1.46. The van der Waals surface area contributed by atoms with Crippen molar-refractivity contribution in [2.75, 3.05) is 6.79 Å². The van der Waals surface area contributed by atoms with Crippen LogP contribution in [0.2, 0.25) is 0 Å². The van der Waals surface area contributed by atoms with Gasteiger partial charge >= 0.3 is 0 Å². The van der Waals surface area contributed by atoms with Gasteiger partial charge in [0.25, 0.3) is 0 Å². The SMILES string of the molecule is Cc1cc2c(cc1C(N)CC#N)OCO2. The molecule has 1 aliphatic heterocycles. The van der Waals surface area contributed by atoms with Crippen LogP contribution in [-0.2, 0) is 0 Å². The van der Waals surface area contributed by atoms with Crippen molar-refractivity contribution in [2.45, 2.75) is 19.4 Å². The predicted octanol–water partition coefficient (Wildman–Crippen LogP) is 1.64. The molecule has 0 bridgehead atoms. The summed E-state index contributed by atoms with van der Waals surface area (Å²) in [6.07, 6.45) is 0.306. The van der Waals surface area contributed by atoms with Gasteiger partial charge in [-0.1, -0.05) is 0 Å². The van der Waals surface area contributed by atoms with Gasteiger partial charge in [0, 0.05) is 6.04 Å². The number of benzene rings is 1. The Morgan fingerprint density at radius 2 is 2.13 bits per heavy atom. The number of nitriles is 1. The molecule has 0 spiro atoms. The third-order valence-corrected chi connectivity index (χ3v) is 2.47. The van der Waals surface area contributed by atoms with Crippen LogP contribution in [0, 0.1) is 18.3 Å². The second-order valence-corrected chi connectivity index (χ2v) is 3.53. The molecule has 0 radical (unpaired) electrons. The molecule has 1 heterocycles. The highest BCUT2D eigenvalue weighted by atomic mass is 16.7. The van der Waals surface area contributed by atoms with Gasteiger partial charge in [-0.05, 0) is 30.2 Å². The minimum Gasteiger partial charge on any atom is -0.454 e. The van der Waals surface area contributed by atoms with Crippen molar-refractivity contribution in [3.63, 3.8) is 0 Å². The van der Waals surface area contributed by atoms with E-state index in [0.29, 0.717) is 12.2 Å². The quantitative estimate of drug-likeness (QED) is 0.795. The highest BCUT2D eigenvalue weighted by Crippen LogP contribution is 2.36. The Morgan fingerprint density at radius 1 is 1.47 bits per heavy atom. The molecule has 0 saturated carbocycles. The summed E-state index contributed by atoms with van der Waals surface area (Å²) in [6.45, 7) is 2.21. The van der Waals surface area contributed by atoms with Gasteiger partial charge in [0.05, 0.1) is 12.5 Å². The number of nitrogens with zero attached hydrogens (tertiary/aromatic N) is 1. The van der Waals surface area contributed by atoms with Gasteiger partial charge in [0.1, 0.15) is 0 Å². The van der Waals surface area contributed by atoms with Crippen LogP contribution in [0.15, 0.2) is 12.1 Å². The van der Waals surface area contributed by atoms with E-state index in [1.807, 2.05) is 19.1 Å². The van der Waals surface area contributed by atoms with Crippen molar-refractivity contribution < 1.29 is 9.47 Å². The summed E-state index contributed by atoms with van der Waals surface area (Å²) < 4.78 is 10.5. The van der Waals surface area contributed by atoms with Crippen LogP contribution >= 0.6 is 0 Å². The molecule has 1 unspecified atom stereocenters. The number of nitrogens with two attached hydrogens (primary N) is 1. The minimum atomic E-state index is -0.260. The molecule has 1 aromatic rings. The van der Waals surface area contributed by atoms with Crippen LogP contribution in [0.4, 0.5) is 0 Å². The van der Waals surface area contributed by atoms with Crippen molar-refractivity contribution in [2.24, 2.45) is 5.73 Å². The summed E-state index contributed by atoms with van der Waals surface area (Å²) in [4.78, 5) is 0. The third kappa shape index (κ3) is 1.74. The minimum absolute atomic E-state index is 0.256. The van der Waals surface area contributed by atoms with Crippen LogP contribution in [0.5, 0.6) is 11.5 Å². The lowest BCUT2D eigenvalue weighted by molar-refractivity contribution is 0.174. The average Bonchev–Trinajstić information content (AvgIpc) is 2.63. The topological polar surface area (TPSA) is 68.3 Å². The van der Waals surface area contributed by atoms with Crippen molar-refractivity contribution in [1.29, 1.82) is 5.26 Å². The lowest BCUT2D eigenvalue weighted by Gasteiger charge is -2.12. The number of hydrogen-bond donors (Lipinski definition) is 1. The highest BCUT2D eigenvalue weighted by Gasteiger charge is 2.18. The summed E-state index contributed by atoms with van der Waals surface area (Å²) in [5, 5.41) is 8.60. The zero-order valence-electron chi connectivity index (χ0n) is 8.49. The maximum Gasteiger partial charge on any atom is 0.231 e. The summed E-state index contributed by atoms with van der Waals surface area (Å²) in [5.41, 5.74) is 7.86. The molecule has 0 aliphatic carbocycles. The monoisotopic (exact) mass is 204 g/mol. The molecule has 78 valence electrons. The largest absolute Gasteiger partial charge is 0.454 e. The molecule has 0 aromatic heterocycles. The molecule has 1 atom stereocenters. The maximum atomic E-state index is 8.60. The van der Waals surface area contributed by atoms with E-state index in [4.69, 9.17) is 20.5 Å². The van der Waals surface area contributed by atoms with Gasteiger partial charge in [-0.2, -0.15) is 5.26 Å². The first kappa shape index (κ1) is 9.81. The number of hydrogen-bond acceptors (Lipinski definition) is 4. The molecule has 0 amide bonds. The van der Waals surface area contributed by atoms with E-state index in [1.54, 1.807) is 0 Å². The Labute approximate surface area is 88.2 Å². The molecule has 1 aliphatic rings. The summed E-state index contributed by atoms with van der Waals surface area (Å²) >= 11 is 0. The van der Waals surface area contributed by atoms with E-state index in [9.17, 15) is 0 Å². The molecule has 4 nitrogen and oxygen atoms in total. The standard InChI is InChI=1S/C11H12N2O2/c1-7-4-10-11(15-6-14-10)5-8(7)9(13)2-3-12/h4-5,9H,2,6,13H2,1H3. The number of ether oxygens (including phenoxy) is 2. The number of fused-ring (bicyclic) bond motifs is 1. The Hall–Kier alpha value is -1.73. The smallest absolute Gasteiger partial charge is 0.231 e. The van der Waals surface area contributed by atoms with Gasteiger partial charge in [-0.25, -0.2) is 0 Å². The van der Waals surface area contributed by atoms with Crippen molar-refractivity contribution in [3.05, 3.63) is 23.3 Å². The molecule has 2 rings (SSSR count). The van der Waals surface area contributed by atoms with Gasteiger partial charge in [-0.3, -0.25) is 0 Å². The maximum absolute atomic E-state index is 8.60. The number of aryl methyl sites for hydroxylation is 1. The summed E-state index contributed by atoms with van der Waals surface area (Å²) in [6, 6.07) is 5.56. The summed E-state index contributed by atoms with van der Waals surface area (Å²) in [7, 11) is 0. The fourth-order valence-corrected chi connectivity index (χ4v) is 1.67. The van der Waals surface area contributed by atoms with Gasteiger partial charge < -0.3 is 15.2 Å². The zero-order valence-corrected chi connectivity index (χ0v) is 8.49. The van der Waals surface area contributed by atoms with E-state index < -0.39 is 0 Å². The van der Waals surface area contributed by atoms with E-state index in [-0.39, 0.29) is 12.8 Å². The predicted molar refractivity (Wildman–Crippen MR) is 54.5 cm³/mol. The Kier molecular flexibility index (Phi) is 2.48. The van der Waals surface area contributed by atoms with Crippen LogP contribution < -0.4 is 15.2 Å². The zero-order chi connectivity index (χ0) is 10.8. The fraction of sp³-hybridized carbons (Fsp3) is 0.364. The van der Waals surface area contributed by atoms with Crippen molar-refractivity contribution in [3.8, 4) is 17.6 Å². The first-order valence-corrected chi connectivity index (χ1v) is 4.75. The number of rotatable bonds is 2. The molecule has 2 N–H and O–H groups in total. The molecule has 15 heavy (non-hydrogen) atoms. The lowest BCUT2D eigenvalue weighted by atomic mass is 9.99.